The summed E-state index contributed by atoms with van der Waals surface area (Å²) in [7, 11) is 0. The third-order valence-electron chi connectivity index (χ3n) is 6.68. The Morgan fingerprint density at radius 2 is 1.91 bits per heavy atom. The van der Waals surface area contributed by atoms with Crippen molar-refractivity contribution in [1.29, 1.82) is 5.26 Å². The molecule has 1 atom stereocenters. The van der Waals surface area contributed by atoms with Gasteiger partial charge in [-0.25, -0.2) is 4.39 Å². The zero-order valence-electron chi connectivity index (χ0n) is 18.5. The highest BCUT2D eigenvalue weighted by Gasteiger charge is 2.39. The minimum absolute atomic E-state index is 0.0936. The highest BCUT2D eigenvalue weighted by Crippen LogP contribution is 2.38. The van der Waals surface area contributed by atoms with Gasteiger partial charge in [0.25, 0.3) is 5.91 Å². The lowest BCUT2D eigenvalue weighted by Crippen LogP contribution is -2.51. The third kappa shape index (κ3) is 4.34. The van der Waals surface area contributed by atoms with Gasteiger partial charge in [-0.15, -0.1) is 0 Å². The van der Waals surface area contributed by atoms with Crippen LogP contribution in [0.5, 0.6) is 5.75 Å². The lowest BCUT2D eigenvalue weighted by Gasteiger charge is -2.39. The first-order chi connectivity index (χ1) is 16.5. The maximum atomic E-state index is 13.2. The van der Waals surface area contributed by atoms with E-state index in [9.17, 15) is 14.4 Å². The van der Waals surface area contributed by atoms with Crippen molar-refractivity contribution in [3.63, 3.8) is 0 Å². The monoisotopic (exact) mass is 478 g/mol. The molecule has 0 saturated carbocycles. The van der Waals surface area contributed by atoms with Gasteiger partial charge in [-0.2, -0.15) is 5.26 Å². The number of ether oxygens (including phenoxy) is 1. The number of likely N-dealkylation sites (tertiary alicyclic amines) is 1. The van der Waals surface area contributed by atoms with Crippen molar-refractivity contribution in [2.75, 3.05) is 25.0 Å². The van der Waals surface area contributed by atoms with Crippen molar-refractivity contribution >= 4 is 23.2 Å². The van der Waals surface area contributed by atoms with Crippen LogP contribution in [0.25, 0.3) is 5.69 Å². The maximum absolute atomic E-state index is 13.2. The number of nitrogens with one attached hydrogen (secondary N) is 1. The molecule has 1 amide bonds. The van der Waals surface area contributed by atoms with E-state index < -0.39 is 11.5 Å². The Bertz CT molecular complexity index is 1230. The van der Waals surface area contributed by atoms with Crippen LogP contribution in [0.4, 0.5) is 10.1 Å². The smallest absolute Gasteiger partial charge is 0.265 e. The number of rotatable bonds is 4. The first-order valence-corrected chi connectivity index (χ1v) is 11.7. The van der Waals surface area contributed by atoms with E-state index in [1.165, 1.54) is 12.1 Å². The molecule has 0 bridgehead atoms. The number of amides is 1. The van der Waals surface area contributed by atoms with Gasteiger partial charge in [-0.05, 0) is 55.2 Å². The quantitative estimate of drug-likeness (QED) is 0.583. The average molecular weight is 479 g/mol. The predicted octanol–water partition coefficient (Wildman–Crippen LogP) is 4.82. The Balaban J connectivity index is 1.25. The molecule has 1 unspecified atom stereocenters. The summed E-state index contributed by atoms with van der Waals surface area (Å²) in [6, 6.07) is 16.2. The molecule has 1 fully saturated rings. The van der Waals surface area contributed by atoms with Gasteiger partial charge in [-0.3, -0.25) is 4.79 Å². The zero-order valence-corrected chi connectivity index (χ0v) is 19.3. The van der Waals surface area contributed by atoms with Crippen molar-refractivity contribution in [2.45, 2.75) is 25.4 Å². The number of aromatic nitrogens is 1. The molecule has 0 radical (unpaired) electrons. The van der Waals surface area contributed by atoms with Crippen molar-refractivity contribution in [2.24, 2.45) is 5.41 Å². The van der Waals surface area contributed by atoms with Gasteiger partial charge in [0.1, 0.15) is 11.6 Å². The van der Waals surface area contributed by atoms with Crippen LogP contribution in [0.1, 0.15) is 18.4 Å². The lowest BCUT2D eigenvalue weighted by molar-refractivity contribution is -0.140. The van der Waals surface area contributed by atoms with E-state index in [-0.39, 0.29) is 11.7 Å². The van der Waals surface area contributed by atoms with E-state index in [0.29, 0.717) is 49.7 Å². The molecule has 34 heavy (non-hydrogen) atoms. The number of piperidine rings is 1. The fourth-order valence-corrected chi connectivity index (χ4v) is 4.95. The van der Waals surface area contributed by atoms with Gasteiger partial charge in [0.2, 0.25) is 0 Å². The number of carbonyl (C=O) groups excluding carboxylic acids is 1. The molecule has 0 aliphatic carbocycles. The Morgan fingerprint density at radius 1 is 1.21 bits per heavy atom. The summed E-state index contributed by atoms with van der Waals surface area (Å²) in [5.41, 5.74) is 1.90. The van der Waals surface area contributed by atoms with E-state index in [4.69, 9.17) is 16.3 Å². The molecule has 0 spiro atoms. The van der Waals surface area contributed by atoms with E-state index >= 15 is 0 Å². The summed E-state index contributed by atoms with van der Waals surface area (Å²) in [6.45, 7) is 1.31. The second-order valence-corrected chi connectivity index (χ2v) is 9.31. The minimum Gasteiger partial charge on any atom is -0.476 e. The number of fused-ring (bicyclic) bond motifs is 1. The Kier molecular flexibility index (Phi) is 5.93. The molecule has 8 heteroatoms. The molecule has 1 aromatic heterocycles. The highest BCUT2D eigenvalue weighted by molar-refractivity contribution is 6.32. The molecule has 1 N–H and O–H groups in total. The number of halogens is 2. The maximum Gasteiger partial charge on any atom is 0.265 e. The largest absolute Gasteiger partial charge is 0.476 e. The van der Waals surface area contributed by atoms with Gasteiger partial charge in [0.05, 0.1) is 34.4 Å². The minimum atomic E-state index is -0.655. The number of hydrogen-bond donors (Lipinski definition) is 1. The van der Waals surface area contributed by atoms with Crippen molar-refractivity contribution < 1.29 is 13.9 Å². The van der Waals surface area contributed by atoms with Crippen LogP contribution < -0.4 is 10.1 Å². The second-order valence-electron chi connectivity index (χ2n) is 8.90. The van der Waals surface area contributed by atoms with Gasteiger partial charge >= 0.3 is 0 Å². The summed E-state index contributed by atoms with van der Waals surface area (Å²) < 4.78 is 21.2. The van der Waals surface area contributed by atoms with Crippen molar-refractivity contribution in [3.8, 4) is 17.5 Å². The molecule has 2 aliphatic heterocycles. The van der Waals surface area contributed by atoms with Crippen LogP contribution in [-0.4, -0.2) is 41.1 Å². The molecule has 2 aromatic carbocycles. The van der Waals surface area contributed by atoms with Gasteiger partial charge in [0.15, 0.2) is 6.10 Å². The van der Waals surface area contributed by atoms with Crippen LogP contribution in [-0.2, 0) is 11.2 Å². The number of nitriles is 1. The molecular weight excluding hydrogens is 455 g/mol. The van der Waals surface area contributed by atoms with Gasteiger partial charge in [-0.1, -0.05) is 23.7 Å². The summed E-state index contributed by atoms with van der Waals surface area (Å²) in [5, 5.41) is 13.7. The molecule has 3 heterocycles. The fourth-order valence-electron chi connectivity index (χ4n) is 4.69. The molecule has 5 rings (SSSR count). The second kappa shape index (κ2) is 9.03. The van der Waals surface area contributed by atoms with E-state index in [1.807, 2.05) is 41.2 Å². The Hall–Kier alpha value is -3.50. The molecule has 2 aliphatic rings. The average Bonchev–Trinajstić information content (AvgIpc) is 3.39. The fraction of sp³-hybridized carbons (Fsp3) is 0.308. The van der Waals surface area contributed by atoms with Crippen LogP contribution in [0.15, 0.2) is 60.9 Å². The molecule has 6 nitrogen and oxygen atoms in total. The third-order valence-corrected chi connectivity index (χ3v) is 6.98. The molecule has 3 aromatic rings. The van der Waals surface area contributed by atoms with E-state index in [2.05, 4.69) is 11.4 Å². The van der Waals surface area contributed by atoms with Crippen molar-refractivity contribution in [3.05, 3.63) is 77.3 Å². The Morgan fingerprint density at radius 3 is 2.59 bits per heavy atom. The molecule has 174 valence electrons. The molecular formula is C26H24ClFN4O2. The topological polar surface area (TPSA) is 70.3 Å². The van der Waals surface area contributed by atoms with Crippen molar-refractivity contribution in [1.82, 2.24) is 9.47 Å². The number of anilines is 1. The predicted molar refractivity (Wildman–Crippen MR) is 128 cm³/mol. The lowest BCUT2D eigenvalue weighted by atomic mass is 9.75. The first-order valence-electron chi connectivity index (χ1n) is 11.3. The summed E-state index contributed by atoms with van der Waals surface area (Å²) in [6.07, 6.45) is 4.82. The number of nitrogens with zero attached hydrogens (tertiary/aromatic N) is 3. The van der Waals surface area contributed by atoms with Crippen LogP contribution in [0.3, 0.4) is 0 Å². The van der Waals surface area contributed by atoms with Crippen LogP contribution in [0.2, 0.25) is 5.02 Å². The SMILES string of the molecule is N#CC1(Cc2ccc(F)cc2)CCN(C(=O)C2CNc3cc(Cl)c(-n4cccc4)cc3O2)CC1. The first kappa shape index (κ1) is 22.3. The summed E-state index contributed by atoms with van der Waals surface area (Å²) in [4.78, 5) is 15.0. The van der Waals surface area contributed by atoms with E-state index in [1.54, 1.807) is 17.0 Å². The van der Waals surface area contributed by atoms with Gasteiger partial charge in [0, 0.05) is 31.5 Å². The normalized spacial score (nSPS) is 18.9. The number of benzene rings is 2. The number of carbonyl (C=O) groups is 1. The van der Waals surface area contributed by atoms with Gasteiger partial charge < -0.3 is 19.5 Å². The molecule has 1 saturated heterocycles. The summed E-state index contributed by atoms with van der Waals surface area (Å²) >= 11 is 6.44. The van der Waals surface area contributed by atoms with Crippen LogP contribution >= 0.6 is 11.6 Å². The number of hydrogen-bond acceptors (Lipinski definition) is 4. The summed E-state index contributed by atoms with van der Waals surface area (Å²) in [5.74, 6) is 0.196. The Labute approximate surface area is 202 Å². The highest BCUT2D eigenvalue weighted by atomic mass is 35.5. The van der Waals surface area contributed by atoms with E-state index in [0.717, 1.165) is 16.9 Å². The standard InChI is InChI=1S/C26H24ClFN4O2/c27-20-13-21-23(14-22(20)31-9-1-2-10-31)34-24(16-30-21)25(33)32-11-7-26(17-29,8-12-32)15-18-3-5-19(28)6-4-18/h1-6,9-10,13-14,24,30H,7-8,11-12,15-16H2. The zero-order chi connectivity index (χ0) is 23.7. The van der Waals surface area contributed by atoms with Crippen LogP contribution in [0, 0.1) is 22.6 Å².